The van der Waals surface area contributed by atoms with Gasteiger partial charge in [-0.1, -0.05) is 0 Å². The maximum Gasteiger partial charge on any atom is 0.408 e. The van der Waals surface area contributed by atoms with E-state index in [-0.39, 0.29) is 0 Å². The molecule has 11 heteroatoms. The van der Waals surface area contributed by atoms with Crippen LogP contribution in [-0.4, -0.2) is 48.5 Å². The van der Waals surface area contributed by atoms with Crippen LogP contribution in [0.3, 0.4) is 0 Å². The molecule has 2 N–H and O–H groups in total. The summed E-state index contributed by atoms with van der Waals surface area (Å²) in [4.78, 5) is 19.8. The molecule has 2 atom stereocenters. The van der Waals surface area contributed by atoms with Crippen molar-refractivity contribution in [2.45, 2.75) is 22.1 Å². The first-order valence-electron chi connectivity index (χ1n) is 4.72. The molecule has 112 valence electrons. The third kappa shape index (κ3) is 7.74. The molecule has 0 aliphatic carbocycles. The van der Waals surface area contributed by atoms with Gasteiger partial charge in [-0.25, -0.2) is 9.59 Å². The lowest BCUT2D eigenvalue weighted by atomic mass is 10.5. The number of ether oxygens (including phenoxy) is 3. The molecule has 0 aliphatic rings. The predicted octanol–water partition coefficient (Wildman–Crippen LogP) is 1.97. The van der Waals surface area contributed by atoms with Crippen molar-refractivity contribution in [2.75, 3.05) is 14.2 Å². The van der Waals surface area contributed by atoms with Gasteiger partial charge in [-0.3, -0.25) is 10.6 Å². The van der Waals surface area contributed by atoms with E-state index < -0.39 is 34.3 Å². The van der Waals surface area contributed by atoms with E-state index in [0.717, 1.165) is 14.2 Å². The van der Waals surface area contributed by atoms with Gasteiger partial charge < -0.3 is 14.2 Å². The van der Waals surface area contributed by atoms with E-state index >= 15 is 0 Å². The summed E-state index contributed by atoms with van der Waals surface area (Å²) >= 11 is 22.4. The van der Waals surface area contributed by atoms with Gasteiger partial charge in [0.25, 0.3) is 0 Å². The van der Waals surface area contributed by atoms with E-state index in [0.29, 0.717) is 0 Å². The van der Waals surface area contributed by atoms with Gasteiger partial charge >= 0.3 is 12.2 Å². The van der Waals surface area contributed by atoms with Crippen LogP contribution in [0.4, 0.5) is 9.59 Å². The summed E-state index contributed by atoms with van der Waals surface area (Å²) in [5, 5.41) is 4.37. The number of rotatable bonds is 6. The Morgan fingerprint density at radius 3 is 1.37 bits per heavy atom. The second kappa shape index (κ2) is 9.55. The minimum Gasteiger partial charge on any atom is -0.453 e. The smallest absolute Gasteiger partial charge is 0.408 e. The first-order chi connectivity index (χ1) is 8.81. The average Bonchev–Trinajstić information content (AvgIpc) is 2.35. The fraction of sp³-hybridized carbons (Fsp3) is 0.750. The number of halogens is 4. The van der Waals surface area contributed by atoms with Gasteiger partial charge in [0.05, 0.1) is 14.2 Å². The molecule has 0 aromatic heterocycles. The number of hydrogen-bond donors (Lipinski definition) is 2. The Morgan fingerprint density at radius 1 is 0.842 bits per heavy atom. The highest BCUT2D eigenvalue weighted by Crippen LogP contribution is 2.16. The van der Waals surface area contributed by atoms with E-state index in [1.807, 2.05) is 0 Å². The molecule has 0 radical (unpaired) electrons. The van der Waals surface area contributed by atoms with Crippen LogP contribution in [0.2, 0.25) is 0 Å². The summed E-state index contributed by atoms with van der Waals surface area (Å²) in [5.41, 5.74) is 0. The Bertz CT molecular complexity index is 277. The van der Waals surface area contributed by atoms with Crippen molar-refractivity contribution in [2.24, 2.45) is 0 Å². The molecule has 0 rings (SSSR count). The topological polar surface area (TPSA) is 85.9 Å². The molecule has 2 amide bonds. The first-order valence-corrected chi connectivity index (χ1v) is 6.47. The van der Waals surface area contributed by atoms with Gasteiger partial charge in [-0.2, -0.15) is 0 Å². The summed E-state index contributed by atoms with van der Waals surface area (Å²) in [6, 6.07) is 0. The lowest BCUT2D eigenvalue weighted by Crippen LogP contribution is -2.50. The second-order valence-electron chi connectivity index (χ2n) is 2.92. The number of carbonyl (C=O) groups is 2. The van der Waals surface area contributed by atoms with Crippen LogP contribution in [0.5, 0.6) is 0 Å². The number of nitrogens with one attached hydrogen (secondary N) is 2. The van der Waals surface area contributed by atoms with E-state index in [1.54, 1.807) is 0 Å². The Labute approximate surface area is 129 Å². The van der Waals surface area contributed by atoms with Crippen molar-refractivity contribution in [3.05, 3.63) is 0 Å². The maximum atomic E-state index is 11.0. The second-order valence-corrected chi connectivity index (χ2v) is 5.25. The molecule has 7 nitrogen and oxygen atoms in total. The minimum absolute atomic E-state index is 0.839. The Balaban J connectivity index is 4.65. The standard InChI is InChI=1S/C8H12Cl4N2O5/c1-17-7(15)13-5(3(9)10)19-6(4(11)12)14-8(16)18-2/h3-6H,1-2H3,(H,13,15)(H,14,16)/t5-,6+. The lowest BCUT2D eigenvalue weighted by molar-refractivity contribution is -0.0283. The van der Waals surface area contributed by atoms with Crippen molar-refractivity contribution in [3.8, 4) is 0 Å². The quantitative estimate of drug-likeness (QED) is 0.560. The van der Waals surface area contributed by atoms with Crippen molar-refractivity contribution >= 4 is 58.6 Å². The highest BCUT2D eigenvalue weighted by Gasteiger charge is 2.29. The molecule has 0 aliphatic heterocycles. The summed E-state index contributed by atoms with van der Waals surface area (Å²) < 4.78 is 13.9. The third-order valence-electron chi connectivity index (χ3n) is 1.64. The zero-order valence-corrected chi connectivity index (χ0v) is 12.9. The van der Waals surface area contributed by atoms with E-state index in [9.17, 15) is 9.59 Å². The van der Waals surface area contributed by atoms with Gasteiger partial charge in [0.2, 0.25) is 0 Å². The summed E-state index contributed by atoms with van der Waals surface area (Å²) in [5.74, 6) is 0. The number of alkyl halides is 4. The molecular weight excluding hydrogens is 346 g/mol. The minimum atomic E-state index is -1.21. The summed E-state index contributed by atoms with van der Waals surface area (Å²) in [7, 11) is 2.28. The Morgan fingerprint density at radius 2 is 1.16 bits per heavy atom. The molecule has 0 bridgehead atoms. The summed E-state index contributed by atoms with van der Waals surface area (Å²) in [6.07, 6.45) is -4.10. The predicted molar refractivity (Wildman–Crippen MR) is 70.7 cm³/mol. The third-order valence-corrected chi connectivity index (χ3v) is 2.56. The van der Waals surface area contributed by atoms with Gasteiger partial charge in [-0.15, -0.1) is 46.4 Å². The monoisotopic (exact) mass is 356 g/mol. The molecule has 19 heavy (non-hydrogen) atoms. The van der Waals surface area contributed by atoms with Crippen LogP contribution >= 0.6 is 46.4 Å². The fourth-order valence-corrected chi connectivity index (χ4v) is 1.31. The molecule has 0 aromatic carbocycles. The molecule has 0 saturated carbocycles. The van der Waals surface area contributed by atoms with Crippen molar-refractivity contribution in [3.63, 3.8) is 0 Å². The molecule has 0 fully saturated rings. The highest BCUT2D eigenvalue weighted by molar-refractivity contribution is 6.45. The first kappa shape index (κ1) is 18.7. The molecular formula is C8H12Cl4N2O5. The number of carbonyl (C=O) groups excluding carboxylic acids is 2. The van der Waals surface area contributed by atoms with Crippen molar-refractivity contribution in [1.82, 2.24) is 10.6 Å². The van der Waals surface area contributed by atoms with Gasteiger partial charge in [0, 0.05) is 0 Å². The van der Waals surface area contributed by atoms with Crippen LogP contribution in [0.1, 0.15) is 0 Å². The largest absolute Gasteiger partial charge is 0.453 e. The van der Waals surface area contributed by atoms with Crippen LogP contribution in [0.25, 0.3) is 0 Å². The van der Waals surface area contributed by atoms with Crippen molar-refractivity contribution in [1.29, 1.82) is 0 Å². The van der Waals surface area contributed by atoms with Gasteiger partial charge in [0.1, 0.15) is 0 Å². The van der Waals surface area contributed by atoms with Crippen molar-refractivity contribution < 1.29 is 23.8 Å². The highest BCUT2D eigenvalue weighted by atomic mass is 35.5. The molecule has 0 aromatic rings. The van der Waals surface area contributed by atoms with Crippen LogP contribution in [0.15, 0.2) is 0 Å². The molecule has 0 heterocycles. The number of alkyl carbamates (subject to hydrolysis) is 2. The number of hydrogen-bond acceptors (Lipinski definition) is 5. The SMILES string of the molecule is COC(=O)N[C@H](O[C@H](NC(=O)OC)C(Cl)Cl)C(Cl)Cl. The van der Waals surface area contributed by atoms with E-state index in [4.69, 9.17) is 51.1 Å². The zero-order valence-electron chi connectivity index (χ0n) is 9.86. The van der Waals surface area contributed by atoms with Crippen LogP contribution in [0, 0.1) is 0 Å². The molecule has 0 spiro atoms. The normalized spacial score (nSPS) is 13.9. The average molecular weight is 358 g/mol. The zero-order chi connectivity index (χ0) is 15.0. The van der Waals surface area contributed by atoms with Gasteiger partial charge in [-0.05, 0) is 0 Å². The summed E-state index contributed by atoms with van der Waals surface area (Å²) in [6.45, 7) is 0. The lowest BCUT2D eigenvalue weighted by Gasteiger charge is -2.26. The number of methoxy groups -OCH3 is 2. The van der Waals surface area contributed by atoms with Crippen LogP contribution in [-0.2, 0) is 14.2 Å². The molecule has 0 saturated heterocycles. The maximum absolute atomic E-state index is 11.0. The van der Waals surface area contributed by atoms with E-state index in [1.165, 1.54) is 0 Å². The fourth-order valence-electron chi connectivity index (χ4n) is 0.821. The molecule has 0 unspecified atom stereocenters. The van der Waals surface area contributed by atoms with E-state index in [2.05, 4.69) is 20.1 Å². The Hall–Kier alpha value is -0.340. The van der Waals surface area contributed by atoms with Gasteiger partial charge in [0.15, 0.2) is 22.1 Å². The van der Waals surface area contributed by atoms with Crippen LogP contribution < -0.4 is 10.6 Å². The Kier molecular flexibility index (Phi) is 9.38. The number of amides is 2.